The molecule has 180 valence electrons. The summed E-state index contributed by atoms with van der Waals surface area (Å²) in [7, 11) is 5.31. The number of carbonyl (C=O) groups excluding carboxylic acids is 2. The minimum absolute atomic E-state index is 0.134. The van der Waals surface area contributed by atoms with Crippen LogP contribution in [0, 0.1) is 0 Å². The lowest BCUT2D eigenvalue weighted by Gasteiger charge is -2.42. The molecule has 0 radical (unpaired) electrons. The van der Waals surface area contributed by atoms with Crippen molar-refractivity contribution in [2.75, 3.05) is 32.6 Å². The van der Waals surface area contributed by atoms with E-state index in [4.69, 9.17) is 21.4 Å². The zero-order valence-corrected chi connectivity index (χ0v) is 21.8. The van der Waals surface area contributed by atoms with E-state index in [2.05, 4.69) is 0 Å². The molecule has 2 aromatic heterocycles. The molecule has 0 unspecified atom stereocenters. The number of anilines is 1. The number of hydrogen-bond donors (Lipinski definition) is 0. The van der Waals surface area contributed by atoms with Gasteiger partial charge >= 0.3 is 0 Å². The number of furan rings is 1. The van der Waals surface area contributed by atoms with E-state index in [-0.39, 0.29) is 24.3 Å². The molecule has 3 atom stereocenters. The summed E-state index contributed by atoms with van der Waals surface area (Å²) in [6, 6.07) is 13.3. The van der Waals surface area contributed by atoms with Crippen LogP contribution in [0.15, 0.2) is 58.5 Å². The second kappa shape index (κ2) is 7.92. The quantitative estimate of drug-likeness (QED) is 0.476. The molecule has 3 aliphatic heterocycles. The van der Waals surface area contributed by atoms with E-state index in [0.717, 1.165) is 16.1 Å². The third-order valence-electron chi connectivity index (χ3n) is 7.44. The molecule has 2 fully saturated rings. The smallest absolute Gasteiger partial charge is 0.254 e. The van der Waals surface area contributed by atoms with Crippen molar-refractivity contribution in [2.24, 2.45) is 0 Å². The number of carbonyl (C=O) groups is 2. The largest absolute Gasteiger partial charge is 0.497 e. The van der Waals surface area contributed by atoms with Gasteiger partial charge in [0.05, 0.1) is 19.9 Å². The van der Waals surface area contributed by atoms with Crippen molar-refractivity contribution in [3.63, 3.8) is 0 Å². The Balaban J connectivity index is 1.61. The van der Waals surface area contributed by atoms with Crippen LogP contribution in [0.5, 0.6) is 5.75 Å². The molecule has 0 N–H and O–H groups in total. The number of thiocarbonyl (C=S) groups is 1. The van der Waals surface area contributed by atoms with Gasteiger partial charge in [-0.15, -0.1) is 11.3 Å². The number of benzene rings is 1. The number of hydrogen-bond acceptors (Lipinski definition) is 8. The number of fused-ring (bicyclic) bond motifs is 3. The number of thioether (sulfide) groups is 1. The van der Waals surface area contributed by atoms with E-state index in [1.54, 1.807) is 47.6 Å². The minimum atomic E-state index is -1.25. The van der Waals surface area contributed by atoms with Crippen LogP contribution in [0.4, 0.5) is 5.69 Å². The van der Waals surface area contributed by atoms with Gasteiger partial charge in [-0.25, -0.2) is 0 Å². The molecule has 0 aliphatic carbocycles. The summed E-state index contributed by atoms with van der Waals surface area (Å²) >= 11 is 8.77. The first-order valence-electron chi connectivity index (χ1n) is 11.1. The Hall–Kier alpha value is -2.66. The average Bonchev–Trinajstić information content (AvgIpc) is 3.66. The highest BCUT2D eigenvalue weighted by molar-refractivity contribution is 8.25. The molecule has 2 amide bonds. The van der Waals surface area contributed by atoms with Crippen LogP contribution < -0.4 is 9.64 Å². The highest BCUT2D eigenvalue weighted by Crippen LogP contribution is 2.67. The fourth-order valence-electron chi connectivity index (χ4n) is 5.94. The predicted octanol–water partition coefficient (Wildman–Crippen LogP) is 4.05. The number of ether oxygens (including phenoxy) is 1. The topological polar surface area (TPSA) is 66.2 Å². The highest BCUT2D eigenvalue weighted by atomic mass is 32.2. The van der Waals surface area contributed by atoms with Crippen LogP contribution in [-0.2, 0) is 21.7 Å². The van der Waals surface area contributed by atoms with E-state index >= 15 is 0 Å². The Labute approximate surface area is 216 Å². The van der Waals surface area contributed by atoms with Crippen molar-refractivity contribution in [1.29, 1.82) is 0 Å². The first-order valence-corrected chi connectivity index (χ1v) is 13.2. The van der Waals surface area contributed by atoms with Crippen LogP contribution in [0.2, 0.25) is 0 Å². The first kappa shape index (κ1) is 22.8. The maximum atomic E-state index is 14.6. The van der Waals surface area contributed by atoms with Gasteiger partial charge in [-0.05, 0) is 48.8 Å². The van der Waals surface area contributed by atoms with E-state index in [9.17, 15) is 9.59 Å². The van der Waals surface area contributed by atoms with Crippen molar-refractivity contribution in [3.8, 4) is 5.75 Å². The standard InChI is InChI=1S/C25H23N3O4S3/c1-26-14-18(20-7-5-11-34-20)25(22(30)28(23(33)35-25)13-16-6-4-10-32-16)24(26)17-12-15(31-3)8-9-19(17)27(2)21(24)29/h4-12,18H,13-14H2,1-3H3/t18-,24+,25-/m0/s1. The van der Waals surface area contributed by atoms with Crippen LogP contribution in [-0.4, -0.2) is 58.4 Å². The molecule has 2 saturated heterocycles. The Morgan fingerprint density at radius 2 is 2.00 bits per heavy atom. The third-order valence-corrected chi connectivity index (χ3v) is 10.4. The van der Waals surface area contributed by atoms with Gasteiger partial charge in [0.2, 0.25) is 5.91 Å². The monoisotopic (exact) mass is 525 g/mol. The lowest BCUT2D eigenvalue weighted by Crippen LogP contribution is -2.62. The van der Waals surface area contributed by atoms with Gasteiger partial charge in [-0.1, -0.05) is 30.0 Å². The zero-order valence-electron chi connectivity index (χ0n) is 19.4. The molecule has 7 nitrogen and oxygen atoms in total. The molecule has 6 rings (SSSR count). The molecule has 10 heteroatoms. The zero-order chi connectivity index (χ0) is 24.5. The molecule has 3 aromatic rings. The van der Waals surface area contributed by atoms with E-state index in [1.165, 1.54) is 11.8 Å². The van der Waals surface area contributed by atoms with Crippen LogP contribution in [0.1, 0.15) is 22.1 Å². The molecule has 5 heterocycles. The van der Waals surface area contributed by atoms with Gasteiger partial charge < -0.3 is 14.1 Å². The van der Waals surface area contributed by atoms with Gasteiger partial charge in [-0.3, -0.25) is 19.4 Å². The fourth-order valence-corrected chi connectivity index (χ4v) is 9.02. The van der Waals surface area contributed by atoms with Crippen LogP contribution >= 0.6 is 35.3 Å². The third kappa shape index (κ3) is 2.79. The summed E-state index contributed by atoms with van der Waals surface area (Å²) in [5, 5.41) is 2.01. The number of thiophene rings is 1. The molecule has 0 saturated carbocycles. The van der Waals surface area contributed by atoms with Crippen molar-refractivity contribution in [2.45, 2.75) is 22.7 Å². The summed E-state index contributed by atoms with van der Waals surface area (Å²) in [6.07, 6.45) is 1.58. The van der Waals surface area contributed by atoms with Crippen molar-refractivity contribution in [1.82, 2.24) is 9.80 Å². The second-order valence-corrected chi connectivity index (χ2v) is 11.8. The summed E-state index contributed by atoms with van der Waals surface area (Å²) in [5.41, 5.74) is 0.302. The fraction of sp³-hybridized carbons (Fsp3) is 0.320. The van der Waals surface area contributed by atoms with E-state index < -0.39 is 10.3 Å². The van der Waals surface area contributed by atoms with Gasteiger partial charge in [0, 0.05) is 35.6 Å². The van der Waals surface area contributed by atoms with Crippen LogP contribution in [0.25, 0.3) is 0 Å². The number of likely N-dealkylation sites (tertiary alicyclic amines) is 1. The SMILES string of the molecule is COc1ccc2c(c1)[C@]1(C(=O)N2C)N(C)C[C@@H](c2cccs2)[C@@]12SC(=S)N(Cc1ccco1)C2=O. The van der Waals surface area contributed by atoms with E-state index in [1.807, 2.05) is 53.7 Å². The molecule has 1 aromatic carbocycles. The summed E-state index contributed by atoms with van der Waals surface area (Å²) in [6.45, 7) is 0.762. The first-order chi connectivity index (χ1) is 16.9. The maximum absolute atomic E-state index is 14.6. The summed E-state index contributed by atoms with van der Waals surface area (Å²) in [4.78, 5) is 35.4. The Kier molecular flexibility index (Phi) is 5.16. The maximum Gasteiger partial charge on any atom is 0.254 e. The molecular formula is C25H23N3O4S3. The second-order valence-electron chi connectivity index (χ2n) is 8.98. The van der Waals surface area contributed by atoms with Crippen molar-refractivity contribution >= 4 is 57.1 Å². The van der Waals surface area contributed by atoms with Gasteiger partial charge in [-0.2, -0.15) is 0 Å². The number of likely N-dealkylation sites (N-methyl/N-ethyl adjacent to an activating group) is 2. The Morgan fingerprint density at radius 3 is 2.69 bits per heavy atom. The number of methoxy groups -OCH3 is 1. The Bertz CT molecular complexity index is 1340. The molecule has 2 spiro atoms. The lowest BCUT2D eigenvalue weighted by atomic mass is 9.73. The number of amides is 2. The molecule has 35 heavy (non-hydrogen) atoms. The van der Waals surface area contributed by atoms with Crippen LogP contribution in [0.3, 0.4) is 0 Å². The Morgan fingerprint density at radius 1 is 1.17 bits per heavy atom. The molecule has 0 bridgehead atoms. The molecular weight excluding hydrogens is 502 g/mol. The lowest BCUT2D eigenvalue weighted by molar-refractivity contribution is -0.139. The van der Waals surface area contributed by atoms with Gasteiger partial charge in [0.15, 0.2) is 5.54 Å². The highest BCUT2D eigenvalue weighted by Gasteiger charge is 2.78. The van der Waals surface area contributed by atoms with Gasteiger partial charge in [0.25, 0.3) is 5.91 Å². The number of nitrogens with zero attached hydrogens (tertiary/aromatic N) is 3. The van der Waals surface area contributed by atoms with Crippen molar-refractivity contribution in [3.05, 3.63) is 70.3 Å². The predicted molar refractivity (Wildman–Crippen MR) is 140 cm³/mol. The van der Waals surface area contributed by atoms with E-state index in [0.29, 0.717) is 22.4 Å². The minimum Gasteiger partial charge on any atom is -0.497 e. The molecule has 3 aliphatic rings. The average molecular weight is 526 g/mol. The summed E-state index contributed by atoms with van der Waals surface area (Å²) in [5.74, 6) is 0.747. The number of rotatable bonds is 4. The van der Waals surface area contributed by atoms with Gasteiger partial charge in [0.1, 0.15) is 20.6 Å². The van der Waals surface area contributed by atoms with Crippen molar-refractivity contribution < 1.29 is 18.7 Å². The summed E-state index contributed by atoms with van der Waals surface area (Å²) < 4.78 is 10.4. The normalized spacial score (nSPS) is 28.2.